The Morgan fingerprint density at radius 3 is 2.32 bits per heavy atom. The van der Waals surface area contributed by atoms with Crippen molar-refractivity contribution in [2.45, 2.75) is 26.9 Å². The van der Waals surface area contributed by atoms with Crippen LogP contribution in [0.4, 0.5) is 0 Å². The number of benzene rings is 2. The number of hydrogen-bond donors (Lipinski definition) is 0. The second-order valence-corrected chi connectivity index (χ2v) is 4.77. The first-order valence-electron chi connectivity index (χ1n) is 7.33. The van der Waals surface area contributed by atoms with Gasteiger partial charge in [-0.2, -0.15) is 0 Å². The molecule has 0 N–H and O–H groups in total. The van der Waals surface area contributed by atoms with Crippen LogP contribution >= 0.6 is 0 Å². The number of para-hydroxylation sites is 1. The molecule has 0 spiro atoms. The topological polar surface area (TPSA) is 52.4 Å². The molecular weight excluding hydrogens is 278 g/mol. The molecule has 0 aromatic heterocycles. The Morgan fingerprint density at radius 2 is 1.68 bits per heavy atom. The van der Waals surface area contributed by atoms with Gasteiger partial charge < -0.3 is 4.74 Å². The molecule has 0 saturated heterocycles. The maximum Gasteiger partial charge on any atom is 0.291 e. The molecule has 1 aliphatic heterocycles. The molecule has 0 amide bonds. The number of rotatable bonds is 2. The van der Waals surface area contributed by atoms with Gasteiger partial charge in [-0.25, -0.2) is 0 Å². The molecule has 0 aliphatic carbocycles. The van der Waals surface area contributed by atoms with Gasteiger partial charge in [0.2, 0.25) is 6.10 Å². The van der Waals surface area contributed by atoms with Gasteiger partial charge in [-0.15, -0.1) is 0 Å². The summed E-state index contributed by atoms with van der Waals surface area (Å²) in [6, 6.07) is 14.9. The Kier molecular flexibility index (Phi) is 4.94. The third kappa shape index (κ3) is 3.17. The average molecular weight is 297 g/mol. The van der Waals surface area contributed by atoms with Gasteiger partial charge in [-0.05, 0) is 13.0 Å². The van der Waals surface area contributed by atoms with Crippen molar-refractivity contribution in [2.24, 2.45) is 0 Å². The van der Waals surface area contributed by atoms with Crippen molar-refractivity contribution in [3.8, 4) is 5.75 Å². The van der Waals surface area contributed by atoms with Crippen LogP contribution in [0.2, 0.25) is 0 Å². The smallest absolute Gasteiger partial charge is 0.291 e. The van der Waals surface area contributed by atoms with Crippen LogP contribution in [0.5, 0.6) is 5.75 Å². The van der Waals surface area contributed by atoms with Crippen molar-refractivity contribution in [2.75, 3.05) is 0 Å². The van der Waals surface area contributed by atoms with Gasteiger partial charge in [0.1, 0.15) is 5.75 Å². The maximum atomic E-state index is 11.3. The van der Waals surface area contributed by atoms with Gasteiger partial charge in [0, 0.05) is 17.2 Å². The molecule has 3 rings (SSSR count). The van der Waals surface area contributed by atoms with Crippen LogP contribution in [0.1, 0.15) is 36.6 Å². The number of nitro groups is 1. The molecule has 0 fully saturated rings. The van der Waals surface area contributed by atoms with E-state index in [0.717, 1.165) is 16.7 Å². The normalized spacial score (nSPS) is 15.6. The quantitative estimate of drug-likeness (QED) is 0.592. The highest BCUT2D eigenvalue weighted by Gasteiger charge is 2.32. The summed E-state index contributed by atoms with van der Waals surface area (Å²) in [5, 5.41) is 11.3. The third-order valence-electron chi connectivity index (χ3n) is 3.33. The van der Waals surface area contributed by atoms with E-state index in [0.29, 0.717) is 5.75 Å². The number of ether oxygens (including phenoxy) is 1. The lowest BCUT2D eigenvalue weighted by Gasteiger charge is -2.22. The summed E-state index contributed by atoms with van der Waals surface area (Å²) in [5.74, 6) is 0.670. The zero-order chi connectivity index (χ0) is 16.1. The molecule has 1 unspecified atom stereocenters. The third-order valence-corrected chi connectivity index (χ3v) is 3.33. The Bertz CT molecular complexity index is 690. The summed E-state index contributed by atoms with van der Waals surface area (Å²) in [7, 11) is 0. The van der Waals surface area contributed by atoms with Crippen molar-refractivity contribution in [1.82, 2.24) is 0 Å². The highest BCUT2D eigenvalue weighted by molar-refractivity contribution is 5.62. The summed E-state index contributed by atoms with van der Waals surface area (Å²) < 4.78 is 5.82. The first-order valence-corrected chi connectivity index (χ1v) is 7.33. The lowest BCUT2D eigenvalue weighted by atomic mass is 10.0. The molecule has 1 aliphatic rings. The molecular formula is C18H19NO3. The molecule has 0 bridgehead atoms. The summed E-state index contributed by atoms with van der Waals surface area (Å²) in [6.45, 7) is 5.98. The minimum atomic E-state index is -0.666. The molecule has 0 radical (unpaired) electrons. The van der Waals surface area contributed by atoms with E-state index >= 15 is 0 Å². The van der Waals surface area contributed by atoms with Crippen LogP contribution < -0.4 is 4.74 Å². The number of aryl methyl sites for hydroxylation is 1. The van der Waals surface area contributed by atoms with E-state index in [4.69, 9.17) is 4.74 Å². The minimum absolute atomic E-state index is 0.0625. The van der Waals surface area contributed by atoms with Crippen LogP contribution in [0.15, 0.2) is 54.2 Å². The predicted octanol–water partition coefficient (Wildman–Crippen LogP) is 4.77. The average Bonchev–Trinajstić information content (AvgIpc) is 2.56. The largest absolute Gasteiger partial charge is 0.474 e. The number of nitrogens with zero attached hydrogens (tertiary/aromatic N) is 1. The molecule has 1 heterocycles. The maximum absolute atomic E-state index is 11.3. The second kappa shape index (κ2) is 6.89. The van der Waals surface area contributed by atoms with Crippen molar-refractivity contribution >= 4 is 6.08 Å². The lowest BCUT2D eigenvalue weighted by molar-refractivity contribution is -0.434. The van der Waals surface area contributed by atoms with Gasteiger partial charge in [-0.1, -0.05) is 61.9 Å². The fourth-order valence-corrected chi connectivity index (χ4v) is 2.26. The molecule has 4 nitrogen and oxygen atoms in total. The molecule has 0 saturated carbocycles. The van der Waals surface area contributed by atoms with E-state index in [1.54, 1.807) is 6.08 Å². The minimum Gasteiger partial charge on any atom is -0.474 e. The van der Waals surface area contributed by atoms with E-state index in [-0.39, 0.29) is 10.6 Å². The van der Waals surface area contributed by atoms with Gasteiger partial charge in [0.25, 0.3) is 5.70 Å². The van der Waals surface area contributed by atoms with E-state index in [9.17, 15) is 10.1 Å². The first kappa shape index (κ1) is 15.8. The SMILES string of the molecule is CC.Cc1ccc(C2Oc3ccccc3C=C2[N+](=O)[O-])cc1. The van der Waals surface area contributed by atoms with E-state index in [1.807, 2.05) is 69.3 Å². The molecule has 22 heavy (non-hydrogen) atoms. The van der Waals surface area contributed by atoms with Gasteiger partial charge >= 0.3 is 0 Å². The van der Waals surface area contributed by atoms with Crippen molar-refractivity contribution < 1.29 is 9.66 Å². The number of hydrogen-bond acceptors (Lipinski definition) is 3. The summed E-state index contributed by atoms with van der Waals surface area (Å²) >= 11 is 0. The lowest BCUT2D eigenvalue weighted by Crippen LogP contribution is -2.19. The standard InChI is InChI=1S/C16H13NO3.C2H6/c1-11-6-8-12(9-7-11)16-14(17(18)19)10-13-4-2-3-5-15(13)20-16;1-2/h2-10,16H,1H3;1-2H3. The number of fused-ring (bicyclic) bond motifs is 1. The van der Waals surface area contributed by atoms with Crippen LogP contribution in [-0.2, 0) is 0 Å². The van der Waals surface area contributed by atoms with Gasteiger partial charge in [0.15, 0.2) is 0 Å². The molecule has 114 valence electrons. The van der Waals surface area contributed by atoms with Gasteiger partial charge in [-0.3, -0.25) is 10.1 Å². The summed E-state index contributed by atoms with van der Waals surface area (Å²) in [4.78, 5) is 10.9. The summed E-state index contributed by atoms with van der Waals surface area (Å²) in [5.41, 5.74) is 2.69. The second-order valence-electron chi connectivity index (χ2n) is 4.77. The molecule has 1 atom stereocenters. The Morgan fingerprint density at radius 1 is 1.05 bits per heavy atom. The fraction of sp³-hybridized carbons (Fsp3) is 0.222. The Labute approximate surface area is 130 Å². The van der Waals surface area contributed by atoms with Crippen LogP contribution in [0.25, 0.3) is 6.08 Å². The van der Waals surface area contributed by atoms with Crippen LogP contribution in [0.3, 0.4) is 0 Å². The van der Waals surface area contributed by atoms with Crippen molar-refractivity contribution in [3.63, 3.8) is 0 Å². The van der Waals surface area contributed by atoms with Crippen molar-refractivity contribution in [1.29, 1.82) is 0 Å². The first-order chi connectivity index (χ1) is 10.6. The van der Waals surface area contributed by atoms with Crippen molar-refractivity contribution in [3.05, 3.63) is 81.0 Å². The van der Waals surface area contributed by atoms with E-state index < -0.39 is 6.10 Å². The Hall–Kier alpha value is -2.62. The highest BCUT2D eigenvalue weighted by atomic mass is 16.6. The monoisotopic (exact) mass is 297 g/mol. The fourth-order valence-electron chi connectivity index (χ4n) is 2.26. The predicted molar refractivity (Wildman–Crippen MR) is 87.3 cm³/mol. The van der Waals surface area contributed by atoms with E-state index in [1.165, 1.54) is 0 Å². The van der Waals surface area contributed by atoms with Gasteiger partial charge in [0.05, 0.1) is 4.92 Å². The van der Waals surface area contributed by atoms with Crippen LogP contribution in [-0.4, -0.2) is 4.92 Å². The molecule has 2 aromatic rings. The molecule has 2 aromatic carbocycles. The highest BCUT2D eigenvalue weighted by Crippen LogP contribution is 2.37. The van der Waals surface area contributed by atoms with E-state index in [2.05, 4.69) is 0 Å². The zero-order valence-electron chi connectivity index (χ0n) is 12.9. The Balaban J connectivity index is 0.000000847. The molecule has 4 heteroatoms. The zero-order valence-corrected chi connectivity index (χ0v) is 12.9. The van der Waals surface area contributed by atoms with Crippen LogP contribution in [0, 0.1) is 17.0 Å². The summed E-state index contributed by atoms with van der Waals surface area (Å²) in [6.07, 6.45) is 0.920.